The Morgan fingerprint density at radius 3 is 2.78 bits per heavy atom. The van der Waals surface area contributed by atoms with Crippen LogP contribution in [0.4, 0.5) is 0 Å². The maximum atomic E-state index is 10.7. The number of aryl methyl sites for hydroxylation is 1. The van der Waals surface area contributed by atoms with Crippen LogP contribution in [0.15, 0.2) is 47.6 Å². The molecule has 2 aromatic rings. The highest BCUT2D eigenvalue weighted by molar-refractivity contribution is 7.98. The molecule has 1 aromatic carbocycles. The number of benzene rings is 1. The predicted molar refractivity (Wildman–Crippen MR) is 71.9 cm³/mol. The summed E-state index contributed by atoms with van der Waals surface area (Å²) in [7, 11) is 0. The molecule has 0 fully saturated rings. The van der Waals surface area contributed by atoms with Gasteiger partial charge in [-0.3, -0.25) is 0 Å². The van der Waals surface area contributed by atoms with Gasteiger partial charge >= 0.3 is 5.97 Å². The van der Waals surface area contributed by atoms with Crippen molar-refractivity contribution in [1.82, 2.24) is 4.98 Å². The normalized spacial score (nSPS) is 10.3. The van der Waals surface area contributed by atoms with Gasteiger partial charge in [-0.2, -0.15) is 0 Å². The monoisotopic (exact) mass is 259 g/mol. The molecule has 4 heteroatoms. The molecule has 0 amide bonds. The van der Waals surface area contributed by atoms with Crippen LogP contribution in [0.2, 0.25) is 0 Å². The van der Waals surface area contributed by atoms with E-state index in [1.165, 1.54) is 17.3 Å². The van der Waals surface area contributed by atoms with Crippen LogP contribution >= 0.6 is 11.8 Å². The van der Waals surface area contributed by atoms with E-state index < -0.39 is 5.97 Å². The summed E-state index contributed by atoms with van der Waals surface area (Å²) in [6.45, 7) is 2.06. The average molecular weight is 259 g/mol. The van der Waals surface area contributed by atoms with E-state index in [-0.39, 0.29) is 5.56 Å². The van der Waals surface area contributed by atoms with Crippen LogP contribution in [-0.2, 0) is 5.75 Å². The zero-order chi connectivity index (χ0) is 13.0. The fourth-order valence-electron chi connectivity index (χ4n) is 1.55. The number of nitrogens with zero attached hydrogens (tertiary/aromatic N) is 1. The molecule has 0 unspecified atom stereocenters. The molecule has 2 rings (SSSR count). The molecule has 0 atom stereocenters. The highest BCUT2D eigenvalue weighted by atomic mass is 32.2. The minimum Gasteiger partial charge on any atom is -0.478 e. The first kappa shape index (κ1) is 12.6. The summed E-state index contributed by atoms with van der Waals surface area (Å²) in [5.74, 6) is -0.112. The Kier molecular flexibility index (Phi) is 3.99. The lowest BCUT2D eigenvalue weighted by molar-refractivity contribution is 0.0696. The fraction of sp³-hybridized carbons (Fsp3) is 0.143. The second kappa shape index (κ2) is 5.69. The van der Waals surface area contributed by atoms with Gasteiger partial charge in [-0.25, -0.2) is 9.78 Å². The van der Waals surface area contributed by atoms with Gasteiger partial charge < -0.3 is 5.11 Å². The van der Waals surface area contributed by atoms with Crippen LogP contribution in [0.3, 0.4) is 0 Å². The van der Waals surface area contributed by atoms with Crippen LogP contribution in [-0.4, -0.2) is 16.1 Å². The van der Waals surface area contributed by atoms with Gasteiger partial charge in [0.05, 0.1) is 10.6 Å². The van der Waals surface area contributed by atoms with Crippen molar-refractivity contribution in [2.75, 3.05) is 0 Å². The first-order valence-corrected chi connectivity index (χ1v) is 6.51. The number of aromatic carboxylic acids is 1. The molecular weight excluding hydrogens is 246 g/mol. The third-order valence-electron chi connectivity index (χ3n) is 2.45. The fourth-order valence-corrected chi connectivity index (χ4v) is 2.34. The third-order valence-corrected chi connectivity index (χ3v) is 3.47. The molecule has 0 saturated heterocycles. The third kappa shape index (κ3) is 3.34. The van der Waals surface area contributed by atoms with E-state index >= 15 is 0 Å². The van der Waals surface area contributed by atoms with Gasteiger partial charge in [0.2, 0.25) is 0 Å². The smallest absolute Gasteiger partial charge is 0.337 e. The number of hydrogen-bond acceptors (Lipinski definition) is 3. The Balaban J connectivity index is 2.00. The number of thioether (sulfide) groups is 1. The topological polar surface area (TPSA) is 50.2 Å². The second-order valence-electron chi connectivity index (χ2n) is 3.97. The van der Waals surface area contributed by atoms with Gasteiger partial charge in [-0.05, 0) is 24.6 Å². The number of hydrogen-bond donors (Lipinski definition) is 1. The van der Waals surface area contributed by atoms with E-state index in [1.807, 2.05) is 6.07 Å². The summed E-state index contributed by atoms with van der Waals surface area (Å²) in [5, 5.41) is 9.60. The molecule has 0 spiro atoms. The molecule has 92 valence electrons. The number of carboxylic acids is 1. The molecule has 0 saturated carbocycles. The first-order chi connectivity index (χ1) is 8.65. The number of pyridine rings is 1. The standard InChI is InChI=1S/C14H13NO2S/c1-10-3-2-4-11(7-10)9-18-13-6-5-12(8-15-13)14(16)17/h2-8H,9H2,1H3,(H,16,17). The average Bonchev–Trinajstić information content (AvgIpc) is 2.37. The summed E-state index contributed by atoms with van der Waals surface area (Å²) in [6.07, 6.45) is 1.39. The number of aromatic nitrogens is 1. The number of rotatable bonds is 4. The molecule has 0 aliphatic carbocycles. The summed E-state index contributed by atoms with van der Waals surface area (Å²) in [5.41, 5.74) is 2.70. The lowest BCUT2D eigenvalue weighted by Gasteiger charge is -2.02. The number of carbonyl (C=O) groups is 1. The van der Waals surface area contributed by atoms with Gasteiger partial charge in [0.25, 0.3) is 0 Å². The quantitative estimate of drug-likeness (QED) is 0.855. The molecule has 18 heavy (non-hydrogen) atoms. The Hall–Kier alpha value is -1.81. The highest BCUT2D eigenvalue weighted by Gasteiger charge is 2.03. The summed E-state index contributed by atoms with van der Waals surface area (Å²) in [4.78, 5) is 14.8. The van der Waals surface area contributed by atoms with Crippen LogP contribution in [0.1, 0.15) is 21.5 Å². The van der Waals surface area contributed by atoms with Crippen molar-refractivity contribution >= 4 is 17.7 Å². The van der Waals surface area contributed by atoms with Crippen LogP contribution in [0.5, 0.6) is 0 Å². The summed E-state index contributed by atoms with van der Waals surface area (Å²) >= 11 is 1.60. The summed E-state index contributed by atoms with van der Waals surface area (Å²) in [6, 6.07) is 11.6. The molecule has 0 bridgehead atoms. The van der Waals surface area contributed by atoms with E-state index in [9.17, 15) is 4.79 Å². The van der Waals surface area contributed by atoms with E-state index in [0.29, 0.717) is 0 Å². The van der Waals surface area contributed by atoms with Crippen molar-refractivity contribution in [3.63, 3.8) is 0 Å². The maximum Gasteiger partial charge on any atom is 0.337 e. The zero-order valence-electron chi connectivity index (χ0n) is 9.96. The summed E-state index contributed by atoms with van der Waals surface area (Å²) < 4.78 is 0. The molecular formula is C14H13NO2S. The van der Waals surface area contributed by atoms with E-state index in [1.54, 1.807) is 23.9 Å². The molecule has 0 aliphatic heterocycles. The van der Waals surface area contributed by atoms with Crippen molar-refractivity contribution in [1.29, 1.82) is 0 Å². The lowest BCUT2D eigenvalue weighted by Crippen LogP contribution is -1.96. The Labute approximate surface area is 110 Å². The van der Waals surface area contributed by atoms with E-state index in [4.69, 9.17) is 5.11 Å². The largest absolute Gasteiger partial charge is 0.478 e. The molecule has 3 nitrogen and oxygen atoms in total. The lowest BCUT2D eigenvalue weighted by atomic mass is 10.2. The van der Waals surface area contributed by atoms with E-state index in [2.05, 4.69) is 30.1 Å². The predicted octanol–water partition coefficient (Wildman–Crippen LogP) is 3.38. The van der Waals surface area contributed by atoms with E-state index in [0.717, 1.165) is 10.8 Å². The van der Waals surface area contributed by atoms with Crippen LogP contribution in [0, 0.1) is 6.92 Å². The SMILES string of the molecule is Cc1cccc(CSc2ccc(C(=O)O)cn2)c1. The van der Waals surface area contributed by atoms with Gasteiger partial charge in [-0.15, -0.1) is 11.8 Å². The van der Waals surface area contributed by atoms with Crippen molar-refractivity contribution in [2.24, 2.45) is 0 Å². The zero-order valence-corrected chi connectivity index (χ0v) is 10.8. The van der Waals surface area contributed by atoms with Crippen molar-refractivity contribution in [2.45, 2.75) is 17.7 Å². The first-order valence-electron chi connectivity index (χ1n) is 5.53. The highest BCUT2D eigenvalue weighted by Crippen LogP contribution is 2.21. The van der Waals surface area contributed by atoms with Crippen LogP contribution in [0.25, 0.3) is 0 Å². The Morgan fingerprint density at radius 1 is 1.33 bits per heavy atom. The Morgan fingerprint density at radius 2 is 2.17 bits per heavy atom. The maximum absolute atomic E-state index is 10.7. The molecule has 1 aromatic heterocycles. The van der Waals surface area contributed by atoms with Crippen molar-refractivity contribution in [3.8, 4) is 0 Å². The second-order valence-corrected chi connectivity index (χ2v) is 4.96. The molecule has 1 N–H and O–H groups in total. The van der Waals surface area contributed by atoms with Gasteiger partial charge in [0.1, 0.15) is 0 Å². The van der Waals surface area contributed by atoms with Gasteiger partial charge in [-0.1, -0.05) is 29.8 Å². The molecule has 0 radical (unpaired) electrons. The Bertz CT molecular complexity index is 552. The van der Waals surface area contributed by atoms with Crippen molar-refractivity contribution in [3.05, 3.63) is 59.3 Å². The minimum absolute atomic E-state index is 0.218. The molecule has 0 aliphatic rings. The number of carboxylic acid groups (broad SMARTS) is 1. The van der Waals surface area contributed by atoms with Crippen molar-refractivity contribution < 1.29 is 9.90 Å². The van der Waals surface area contributed by atoms with Gasteiger partial charge in [0, 0.05) is 11.9 Å². The van der Waals surface area contributed by atoms with Gasteiger partial charge in [0.15, 0.2) is 0 Å². The minimum atomic E-state index is -0.947. The molecule has 1 heterocycles. The van der Waals surface area contributed by atoms with Crippen LogP contribution < -0.4 is 0 Å².